The third kappa shape index (κ3) is 7.72. The zero-order valence-corrected chi connectivity index (χ0v) is 12.9. The van der Waals surface area contributed by atoms with Gasteiger partial charge < -0.3 is 10.4 Å². The standard InChI is InChI=1S/C14H16ClNO4S/c15-11-5-3-10(4-6-11)12(17)8-21-9-13(18)16-7-1-2-14(19)20/h3-6H,1-2,7-9H2,(H,16,18)(H,19,20). The van der Waals surface area contributed by atoms with Crippen molar-refractivity contribution in [2.45, 2.75) is 12.8 Å². The topological polar surface area (TPSA) is 83.5 Å². The highest BCUT2D eigenvalue weighted by molar-refractivity contribution is 8.00. The number of benzene rings is 1. The minimum absolute atomic E-state index is 0.0302. The molecule has 0 aliphatic heterocycles. The van der Waals surface area contributed by atoms with Crippen LogP contribution in [0.3, 0.4) is 0 Å². The highest BCUT2D eigenvalue weighted by Crippen LogP contribution is 2.12. The number of carboxylic acids is 1. The number of hydrogen-bond acceptors (Lipinski definition) is 4. The molecule has 0 spiro atoms. The van der Waals surface area contributed by atoms with E-state index in [4.69, 9.17) is 16.7 Å². The fourth-order valence-electron chi connectivity index (χ4n) is 1.47. The Morgan fingerprint density at radius 3 is 2.43 bits per heavy atom. The second-order valence-electron chi connectivity index (χ2n) is 4.27. The number of carbonyl (C=O) groups is 3. The van der Waals surface area contributed by atoms with Crippen LogP contribution in [-0.2, 0) is 9.59 Å². The molecule has 0 aromatic heterocycles. The van der Waals surface area contributed by atoms with Gasteiger partial charge in [0.15, 0.2) is 5.78 Å². The van der Waals surface area contributed by atoms with Gasteiger partial charge in [-0.05, 0) is 30.7 Å². The summed E-state index contributed by atoms with van der Waals surface area (Å²) in [6, 6.07) is 6.59. The number of carboxylic acid groups (broad SMARTS) is 1. The molecule has 7 heteroatoms. The van der Waals surface area contributed by atoms with Crippen molar-refractivity contribution >= 4 is 41.0 Å². The quantitative estimate of drug-likeness (QED) is 0.536. The Balaban J connectivity index is 2.17. The minimum Gasteiger partial charge on any atom is -0.481 e. The largest absolute Gasteiger partial charge is 0.481 e. The number of ketones is 1. The molecule has 1 amide bonds. The number of thioether (sulfide) groups is 1. The minimum atomic E-state index is -0.882. The Kier molecular flexibility index (Phi) is 7.85. The van der Waals surface area contributed by atoms with Crippen LogP contribution in [0.1, 0.15) is 23.2 Å². The first-order chi connectivity index (χ1) is 9.99. The van der Waals surface area contributed by atoms with E-state index in [2.05, 4.69) is 5.32 Å². The van der Waals surface area contributed by atoms with E-state index in [1.165, 1.54) is 11.8 Å². The maximum absolute atomic E-state index is 11.8. The van der Waals surface area contributed by atoms with Crippen molar-refractivity contribution in [1.82, 2.24) is 5.32 Å². The van der Waals surface area contributed by atoms with E-state index < -0.39 is 5.97 Å². The number of hydrogen-bond donors (Lipinski definition) is 2. The molecule has 0 atom stereocenters. The van der Waals surface area contributed by atoms with Crippen LogP contribution < -0.4 is 5.32 Å². The molecule has 0 saturated heterocycles. The van der Waals surface area contributed by atoms with Gasteiger partial charge in [0.25, 0.3) is 0 Å². The van der Waals surface area contributed by atoms with E-state index in [1.807, 2.05) is 0 Å². The monoisotopic (exact) mass is 329 g/mol. The molecule has 114 valence electrons. The Labute approximate surface area is 132 Å². The average molecular weight is 330 g/mol. The predicted molar refractivity (Wildman–Crippen MR) is 83.0 cm³/mol. The summed E-state index contributed by atoms with van der Waals surface area (Å²) in [5, 5.41) is 11.6. The summed E-state index contributed by atoms with van der Waals surface area (Å²) in [5.74, 6) is -0.756. The summed E-state index contributed by atoms with van der Waals surface area (Å²) < 4.78 is 0. The zero-order chi connectivity index (χ0) is 15.7. The number of amides is 1. The van der Waals surface area contributed by atoms with Crippen LogP contribution in [0.2, 0.25) is 5.02 Å². The molecule has 2 N–H and O–H groups in total. The van der Waals surface area contributed by atoms with Crippen molar-refractivity contribution in [2.75, 3.05) is 18.1 Å². The first-order valence-corrected chi connectivity index (χ1v) is 7.87. The van der Waals surface area contributed by atoms with Gasteiger partial charge in [-0.1, -0.05) is 11.6 Å². The van der Waals surface area contributed by atoms with Crippen LogP contribution in [0.5, 0.6) is 0 Å². The predicted octanol–water partition coefficient (Wildman–Crippen LogP) is 2.24. The van der Waals surface area contributed by atoms with Crippen molar-refractivity contribution in [3.8, 4) is 0 Å². The van der Waals surface area contributed by atoms with Crippen molar-refractivity contribution < 1.29 is 19.5 Å². The van der Waals surface area contributed by atoms with Crippen LogP contribution in [-0.4, -0.2) is 40.8 Å². The normalized spacial score (nSPS) is 10.1. The molecule has 0 saturated carbocycles. The second-order valence-corrected chi connectivity index (χ2v) is 5.69. The molecule has 5 nitrogen and oxygen atoms in total. The van der Waals surface area contributed by atoms with Crippen LogP contribution in [0.4, 0.5) is 0 Å². The number of Topliss-reactive ketones (excluding diaryl/α,β-unsaturated/α-hetero) is 1. The lowest BCUT2D eigenvalue weighted by atomic mass is 10.1. The fraction of sp³-hybridized carbons (Fsp3) is 0.357. The number of aliphatic carboxylic acids is 1. The van der Waals surface area contributed by atoms with E-state index in [9.17, 15) is 14.4 Å². The Morgan fingerprint density at radius 2 is 1.81 bits per heavy atom. The smallest absolute Gasteiger partial charge is 0.303 e. The first kappa shape index (κ1) is 17.5. The lowest BCUT2D eigenvalue weighted by Crippen LogP contribution is -2.27. The highest BCUT2D eigenvalue weighted by Gasteiger charge is 2.08. The maximum Gasteiger partial charge on any atom is 0.303 e. The molecule has 21 heavy (non-hydrogen) atoms. The number of nitrogens with one attached hydrogen (secondary N) is 1. The molecule has 0 bridgehead atoms. The molecule has 0 unspecified atom stereocenters. The van der Waals surface area contributed by atoms with Crippen molar-refractivity contribution in [3.63, 3.8) is 0 Å². The van der Waals surface area contributed by atoms with Gasteiger partial charge in [0.1, 0.15) is 0 Å². The van der Waals surface area contributed by atoms with E-state index in [1.54, 1.807) is 24.3 Å². The first-order valence-electron chi connectivity index (χ1n) is 6.34. The molecular weight excluding hydrogens is 314 g/mol. The Bertz CT molecular complexity index is 504. The molecule has 0 aliphatic rings. The zero-order valence-electron chi connectivity index (χ0n) is 11.3. The fourth-order valence-corrected chi connectivity index (χ4v) is 2.34. The summed E-state index contributed by atoms with van der Waals surface area (Å²) in [5.41, 5.74) is 0.564. The van der Waals surface area contributed by atoms with Crippen LogP contribution in [0, 0.1) is 0 Å². The van der Waals surface area contributed by atoms with Gasteiger partial charge in [-0.3, -0.25) is 14.4 Å². The number of rotatable bonds is 9. The Hall–Kier alpha value is -1.53. The summed E-state index contributed by atoms with van der Waals surface area (Å²) >= 11 is 6.96. The van der Waals surface area contributed by atoms with E-state index >= 15 is 0 Å². The molecule has 1 aromatic carbocycles. The van der Waals surface area contributed by atoms with Gasteiger partial charge >= 0.3 is 5.97 Å². The third-order valence-corrected chi connectivity index (χ3v) is 3.71. The average Bonchev–Trinajstić information content (AvgIpc) is 2.44. The van der Waals surface area contributed by atoms with Gasteiger partial charge in [-0.25, -0.2) is 0 Å². The summed E-state index contributed by atoms with van der Waals surface area (Å²) in [4.78, 5) is 33.5. The number of carbonyl (C=O) groups excluding carboxylic acids is 2. The van der Waals surface area contributed by atoms with Crippen molar-refractivity contribution in [1.29, 1.82) is 0 Å². The van der Waals surface area contributed by atoms with Crippen LogP contribution >= 0.6 is 23.4 Å². The molecule has 0 fully saturated rings. The van der Waals surface area contributed by atoms with Gasteiger partial charge in [0, 0.05) is 23.6 Å². The summed E-state index contributed by atoms with van der Waals surface area (Å²) in [6.07, 6.45) is 0.428. The van der Waals surface area contributed by atoms with Crippen LogP contribution in [0.25, 0.3) is 0 Å². The summed E-state index contributed by atoms with van der Waals surface area (Å²) in [7, 11) is 0. The molecule has 1 rings (SSSR count). The van der Waals surface area contributed by atoms with E-state index in [-0.39, 0.29) is 29.6 Å². The SMILES string of the molecule is O=C(O)CCCNC(=O)CSCC(=O)c1ccc(Cl)cc1. The van der Waals surface area contributed by atoms with Gasteiger partial charge in [-0.15, -0.1) is 11.8 Å². The lowest BCUT2D eigenvalue weighted by molar-refractivity contribution is -0.137. The molecule has 0 aliphatic carbocycles. The van der Waals surface area contributed by atoms with Crippen LogP contribution in [0.15, 0.2) is 24.3 Å². The van der Waals surface area contributed by atoms with Gasteiger partial charge in [0.05, 0.1) is 11.5 Å². The molecule has 0 heterocycles. The van der Waals surface area contributed by atoms with Gasteiger partial charge in [-0.2, -0.15) is 0 Å². The summed E-state index contributed by atoms with van der Waals surface area (Å²) in [6.45, 7) is 0.330. The van der Waals surface area contributed by atoms with E-state index in [0.717, 1.165) is 0 Å². The second kappa shape index (κ2) is 9.41. The Morgan fingerprint density at radius 1 is 1.14 bits per heavy atom. The molecule has 0 radical (unpaired) electrons. The maximum atomic E-state index is 11.8. The van der Waals surface area contributed by atoms with Crippen molar-refractivity contribution in [3.05, 3.63) is 34.9 Å². The highest BCUT2D eigenvalue weighted by atomic mass is 35.5. The third-order valence-electron chi connectivity index (χ3n) is 2.52. The van der Waals surface area contributed by atoms with Crippen molar-refractivity contribution in [2.24, 2.45) is 0 Å². The van der Waals surface area contributed by atoms with Gasteiger partial charge in [0.2, 0.25) is 5.91 Å². The molecular formula is C14H16ClNO4S. The number of halogens is 1. The van der Waals surface area contributed by atoms with E-state index in [0.29, 0.717) is 23.6 Å². The lowest BCUT2D eigenvalue weighted by Gasteiger charge is -2.04. The molecule has 1 aromatic rings.